The van der Waals surface area contributed by atoms with Crippen LogP contribution in [0.3, 0.4) is 0 Å². The average Bonchev–Trinajstić information content (AvgIpc) is 2.72. The second-order valence-corrected chi connectivity index (χ2v) is 4.14. The van der Waals surface area contributed by atoms with E-state index in [4.69, 9.17) is 4.74 Å². The van der Waals surface area contributed by atoms with E-state index in [9.17, 15) is 0 Å². The number of aliphatic imine (C=N–C) groups is 1. The molecule has 0 spiro atoms. The van der Waals surface area contributed by atoms with E-state index in [-0.39, 0.29) is 0 Å². The lowest BCUT2D eigenvalue weighted by Crippen LogP contribution is -1.97. The Kier molecular flexibility index (Phi) is 7.52. The fourth-order valence-corrected chi connectivity index (χ4v) is 1.60. The first kappa shape index (κ1) is 15.4. The van der Waals surface area contributed by atoms with E-state index in [1.165, 1.54) is 16.7 Å². The highest BCUT2D eigenvalue weighted by Gasteiger charge is 1.96. The quantitative estimate of drug-likeness (QED) is 0.795. The number of ether oxygens (including phenoxy) is 1. The molecule has 0 radical (unpaired) electrons. The molecule has 0 aliphatic carbocycles. The first-order valence-electron chi connectivity index (χ1n) is 6.83. The standard InChI is InChI=1S/C15H17NO.C2H6/c1-13-4-6-15(7-5-13)12-17-11-14-3-2-9-16-10-8-14;1-2/h2-8,10H,9,11-12H2,1H3;1-2H3. The molecule has 0 atom stereocenters. The molecule has 0 amide bonds. The fraction of sp³-hybridized carbons (Fsp3) is 0.353. The van der Waals surface area contributed by atoms with E-state index >= 15 is 0 Å². The van der Waals surface area contributed by atoms with E-state index in [1.54, 1.807) is 0 Å². The van der Waals surface area contributed by atoms with Crippen molar-refractivity contribution in [2.45, 2.75) is 27.4 Å². The van der Waals surface area contributed by atoms with Crippen LogP contribution in [0.5, 0.6) is 0 Å². The van der Waals surface area contributed by atoms with Gasteiger partial charge < -0.3 is 4.74 Å². The molecule has 102 valence electrons. The van der Waals surface area contributed by atoms with Gasteiger partial charge in [-0.05, 0) is 24.1 Å². The Balaban J connectivity index is 0.000000861. The van der Waals surface area contributed by atoms with Crippen LogP contribution >= 0.6 is 0 Å². The number of hydrogen-bond acceptors (Lipinski definition) is 2. The van der Waals surface area contributed by atoms with Crippen LogP contribution in [0.4, 0.5) is 0 Å². The summed E-state index contributed by atoms with van der Waals surface area (Å²) in [6, 6.07) is 8.43. The Labute approximate surface area is 116 Å². The molecule has 2 heteroatoms. The summed E-state index contributed by atoms with van der Waals surface area (Å²) in [6.45, 7) is 8.14. The van der Waals surface area contributed by atoms with Crippen LogP contribution < -0.4 is 0 Å². The molecular weight excluding hydrogens is 234 g/mol. The van der Waals surface area contributed by atoms with Crippen LogP contribution in [0.1, 0.15) is 25.0 Å². The zero-order valence-corrected chi connectivity index (χ0v) is 12.1. The molecule has 0 saturated carbocycles. The van der Waals surface area contributed by atoms with Crippen molar-refractivity contribution in [1.29, 1.82) is 0 Å². The van der Waals surface area contributed by atoms with Gasteiger partial charge in [0.1, 0.15) is 0 Å². The van der Waals surface area contributed by atoms with Gasteiger partial charge in [0.15, 0.2) is 0 Å². The van der Waals surface area contributed by atoms with Gasteiger partial charge in [-0.1, -0.05) is 55.8 Å². The predicted molar refractivity (Wildman–Crippen MR) is 82.8 cm³/mol. The van der Waals surface area contributed by atoms with Gasteiger partial charge in [-0.15, -0.1) is 0 Å². The molecule has 1 heterocycles. The number of allylic oxidation sites excluding steroid dienone is 1. The summed E-state index contributed by atoms with van der Waals surface area (Å²) < 4.78 is 5.67. The minimum absolute atomic E-state index is 0.635. The lowest BCUT2D eigenvalue weighted by Gasteiger charge is -2.05. The summed E-state index contributed by atoms with van der Waals surface area (Å²) in [4.78, 5) is 4.15. The Morgan fingerprint density at radius 2 is 1.84 bits per heavy atom. The van der Waals surface area contributed by atoms with E-state index in [1.807, 2.05) is 32.2 Å². The highest BCUT2D eigenvalue weighted by Crippen LogP contribution is 2.06. The highest BCUT2D eigenvalue weighted by atomic mass is 16.5. The van der Waals surface area contributed by atoms with Crippen molar-refractivity contribution in [2.75, 3.05) is 13.2 Å². The molecule has 0 aromatic heterocycles. The molecule has 19 heavy (non-hydrogen) atoms. The molecule has 2 nitrogen and oxygen atoms in total. The minimum Gasteiger partial charge on any atom is -0.372 e. The second kappa shape index (κ2) is 9.29. The number of aryl methyl sites for hydroxylation is 1. The number of hydrogen-bond donors (Lipinski definition) is 0. The van der Waals surface area contributed by atoms with E-state index in [2.05, 4.69) is 42.3 Å². The lowest BCUT2D eigenvalue weighted by atomic mass is 10.2. The second-order valence-electron chi connectivity index (χ2n) is 4.14. The zero-order valence-electron chi connectivity index (χ0n) is 12.1. The SMILES string of the molecule is CC.Cc1ccc(COCC2=CC=NCC=C2)cc1. The Morgan fingerprint density at radius 1 is 1.11 bits per heavy atom. The van der Waals surface area contributed by atoms with Gasteiger partial charge in [-0.2, -0.15) is 0 Å². The molecule has 1 aliphatic rings. The molecule has 0 unspecified atom stereocenters. The smallest absolute Gasteiger partial charge is 0.0721 e. The molecule has 1 aromatic rings. The van der Waals surface area contributed by atoms with Crippen LogP contribution in [0.15, 0.2) is 53.1 Å². The summed E-state index contributed by atoms with van der Waals surface area (Å²) in [6.07, 6.45) is 7.95. The van der Waals surface area contributed by atoms with E-state index in [0.717, 1.165) is 6.54 Å². The molecule has 0 fully saturated rings. The molecule has 1 aromatic carbocycles. The maximum absolute atomic E-state index is 5.67. The van der Waals surface area contributed by atoms with Gasteiger partial charge in [0.05, 0.1) is 19.8 Å². The first-order valence-corrected chi connectivity index (χ1v) is 6.83. The van der Waals surface area contributed by atoms with Crippen molar-refractivity contribution < 1.29 is 4.74 Å². The third-order valence-electron chi connectivity index (χ3n) is 2.59. The van der Waals surface area contributed by atoms with Gasteiger partial charge in [0.25, 0.3) is 0 Å². The molecule has 1 aliphatic heterocycles. The third-order valence-corrected chi connectivity index (χ3v) is 2.59. The Hall–Kier alpha value is -1.67. The van der Waals surface area contributed by atoms with Crippen molar-refractivity contribution in [1.82, 2.24) is 0 Å². The molecule has 0 saturated heterocycles. The predicted octanol–water partition coefficient (Wildman–Crippen LogP) is 4.10. The summed E-state index contributed by atoms with van der Waals surface area (Å²) in [7, 11) is 0. The van der Waals surface area contributed by atoms with Crippen LogP contribution in [0, 0.1) is 6.92 Å². The normalized spacial score (nSPS) is 13.3. The Bertz CT molecular complexity index is 441. The van der Waals surface area contributed by atoms with Crippen molar-refractivity contribution >= 4 is 6.21 Å². The molecule has 0 N–H and O–H groups in total. The largest absolute Gasteiger partial charge is 0.372 e. The van der Waals surface area contributed by atoms with E-state index < -0.39 is 0 Å². The van der Waals surface area contributed by atoms with Gasteiger partial charge >= 0.3 is 0 Å². The summed E-state index contributed by atoms with van der Waals surface area (Å²) >= 11 is 0. The van der Waals surface area contributed by atoms with E-state index in [0.29, 0.717) is 13.2 Å². The summed E-state index contributed by atoms with van der Waals surface area (Å²) in [5.74, 6) is 0. The van der Waals surface area contributed by atoms with Gasteiger partial charge in [0.2, 0.25) is 0 Å². The van der Waals surface area contributed by atoms with Gasteiger partial charge in [-0.25, -0.2) is 0 Å². The number of nitrogens with zero attached hydrogens (tertiary/aromatic N) is 1. The van der Waals surface area contributed by atoms with Gasteiger partial charge in [-0.3, -0.25) is 4.99 Å². The molecule has 0 bridgehead atoms. The topological polar surface area (TPSA) is 21.6 Å². The zero-order chi connectivity index (χ0) is 13.9. The van der Waals surface area contributed by atoms with Crippen molar-refractivity contribution in [3.05, 3.63) is 59.2 Å². The van der Waals surface area contributed by atoms with Crippen LogP contribution in [-0.2, 0) is 11.3 Å². The number of benzene rings is 1. The summed E-state index contributed by atoms with van der Waals surface area (Å²) in [5.41, 5.74) is 3.65. The fourth-order valence-electron chi connectivity index (χ4n) is 1.60. The molecular formula is C17H23NO. The maximum atomic E-state index is 5.67. The van der Waals surface area contributed by atoms with Crippen molar-refractivity contribution in [2.24, 2.45) is 4.99 Å². The van der Waals surface area contributed by atoms with Gasteiger partial charge in [0, 0.05) is 6.21 Å². The lowest BCUT2D eigenvalue weighted by molar-refractivity contribution is 0.144. The third kappa shape index (κ3) is 6.16. The van der Waals surface area contributed by atoms with Crippen LogP contribution in [0.2, 0.25) is 0 Å². The highest BCUT2D eigenvalue weighted by molar-refractivity contribution is 5.73. The Morgan fingerprint density at radius 3 is 2.58 bits per heavy atom. The van der Waals surface area contributed by atoms with Crippen LogP contribution in [-0.4, -0.2) is 19.4 Å². The molecule has 2 rings (SSSR count). The average molecular weight is 257 g/mol. The maximum Gasteiger partial charge on any atom is 0.0721 e. The monoisotopic (exact) mass is 257 g/mol. The van der Waals surface area contributed by atoms with Crippen molar-refractivity contribution in [3.8, 4) is 0 Å². The number of rotatable bonds is 4. The van der Waals surface area contributed by atoms with Crippen LogP contribution in [0.25, 0.3) is 0 Å². The first-order chi connectivity index (χ1) is 9.34. The minimum atomic E-state index is 0.635. The van der Waals surface area contributed by atoms with Crippen molar-refractivity contribution in [3.63, 3.8) is 0 Å². The summed E-state index contributed by atoms with van der Waals surface area (Å²) in [5, 5.41) is 0.